The molecular weight excluding hydrogens is 490 g/mol. The third kappa shape index (κ3) is 5.48. The zero-order chi connectivity index (χ0) is 27.5. The highest BCUT2D eigenvalue weighted by Gasteiger charge is 2.24. The summed E-state index contributed by atoms with van der Waals surface area (Å²) in [5, 5.41) is 18.7. The van der Waals surface area contributed by atoms with Crippen LogP contribution in [0, 0.1) is 32.6 Å². The zero-order valence-electron chi connectivity index (χ0n) is 22.8. The Kier molecular flexibility index (Phi) is 7.32. The van der Waals surface area contributed by atoms with Gasteiger partial charge < -0.3 is 25.2 Å². The Labute approximate surface area is 228 Å². The Bertz CT molecular complexity index is 1550. The van der Waals surface area contributed by atoms with Crippen molar-refractivity contribution < 1.29 is 5.11 Å². The minimum absolute atomic E-state index is 0.159. The van der Waals surface area contributed by atoms with Crippen LogP contribution in [-0.2, 0) is 6.54 Å². The maximum Gasteiger partial charge on any atom is 0.206 e. The fourth-order valence-corrected chi connectivity index (χ4v) is 4.93. The Morgan fingerprint density at radius 1 is 1.05 bits per heavy atom. The van der Waals surface area contributed by atoms with Gasteiger partial charge in [-0.2, -0.15) is 0 Å². The van der Waals surface area contributed by atoms with E-state index >= 15 is 0 Å². The molecule has 4 aromatic rings. The Balaban J connectivity index is 1.33. The summed E-state index contributed by atoms with van der Waals surface area (Å²) in [5.41, 5.74) is 10.4. The van der Waals surface area contributed by atoms with Crippen LogP contribution in [0.3, 0.4) is 0 Å². The number of aromatic nitrogens is 6. The molecule has 10 nitrogen and oxygen atoms in total. The van der Waals surface area contributed by atoms with Crippen LogP contribution in [0.4, 0.5) is 17.3 Å². The van der Waals surface area contributed by atoms with Crippen LogP contribution >= 0.6 is 0 Å². The van der Waals surface area contributed by atoms with Gasteiger partial charge in [-0.05, 0) is 64.3 Å². The molecule has 5 rings (SSSR count). The number of nitrogens with two attached hydrogens (primary N) is 1. The van der Waals surface area contributed by atoms with Crippen molar-refractivity contribution in [2.24, 2.45) is 0 Å². The Hall–Kier alpha value is -4.65. The van der Waals surface area contributed by atoms with Gasteiger partial charge in [0.2, 0.25) is 5.82 Å². The maximum absolute atomic E-state index is 10.3. The lowest BCUT2D eigenvalue weighted by molar-refractivity contribution is 0.477. The number of hydrogen-bond donors (Lipinski definition) is 2. The second-order valence-electron chi connectivity index (χ2n) is 9.79. The second-order valence-corrected chi connectivity index (χ2v) is 9.79. The van der Waals surface area contributed by atoms with Crippen molar-refractivity contribution >= 4 is 17.3 Å². The van der Waals surface area contributed by atoms with E-state index in [1.807, 2.05) is 38.1 Å². The highest BCUT2D eigenvalue weighted by molar-refractivity contribution is 5.74. The van der Waals surface area contributed by atoms with Crippen LogP contribution in [0.1, 0.15) is 36.4 Å². The van der Waals surface area contributed by atoms with Crippen molar-refractivity contribution in [3.8, 4) is 28.8 Å². The first kappa shape index (κ1) is 26.0. The van der Waals surface area contributed by atoms with Crippen molar-refractivity contribution in [2.75, 3.05) is 35.2 Å². The molecule has 1 aliphatic rings. The lowest BCUT2D eigenvalue weighted by atomic mass is 10.1. The summed E-state index contributed by atoms with van der Waals surface area (Å²) in [7, 11) is 0. The second kappa shape index (κ2) is 11.0. The summed E-state index contributed by atoms with van der Waals surface area (Å²) in [4.78, 5) is 18.2. The summed E-state index contributed by atoms with van der Waals surface area (Å²) in [6.07, 6.45) is 2.67. The quantitative estimate of drug-likeness (QED) is 0.387. The van der Waals surface area contributed by atoms with E-state index in [1.54, 1.807) is 18.3 Å². The molecule has 1 atom stereocenters. The average Bonchev–Trinajstić information content (AvgIpc) is 3.05. The fourth-order valence-electron chi connectivity index (χ4n) is 4.93. The molecule has 10 heteroatoms. The van der Waals surface area contributed by atoms with Crippen LogP contribution in [0.5, 0.6) is 5.75 Å². The summed E-state index contributed by atoms with van der Waals surface area (Å²) in [6.45, 7) is 11.1. The number of phenols is 1. The predicted molar refractivity (Wildman–Crippen MR) is 153 cm³/mol. The van der Waals surface area contributed by atoms with E-state index in [0.29, 0.717) is 29.4 Å². The Morgan fingerprint density at radius 3 is 2.64 bits per heavy atom. The highest BCUT2D eigenvalue weighted by atomic mass is 16.3. The van der Waals surface area contributed by atoms with Crippen molar-refractivity contribution in [3.63, 3.8) is 0 Å². The summed E-state index contributed by atoms with van der Waals surface area (Å²) >= 11 is 0. The number of nitrogen functional groups attached to an aromatic ring is 1. The van der Waals surface area contributed by atoms with Gasteiger partial charge in [0.05, 0.1) is 23.6 Å². The number of anilines is 3. The van der Waals surface area contributed by atoms with Gasteiger partial charge in [0.25, 0.3) is 0 Å². The molecule has 0 amide bonds. The molecule has 3 N–H and O–H groups in total. The minimum Gasteiger partial charge on any atom is -0.507 e. The predicted octanol–water partition coefficient (Wildman–Crippen LogP) is 3.50. The van der Waals surface area contributed by atoms with E-state index in [4.69, 9.17) is 10.7 Å². The standard InChI is InChI=1S/C29H33N9O/c1-19-12-15-36(25-18-24(34-35-29(25)30)23-8-5-6-9-26(23)39)16-17-37(19)28-11-13-31-27(33-28)10-7-14-38-21(3)20(2)32-22(38)4/h5-6,8-9,11,13,18-19,39H,12,14-17H2,1-4H3,(H2,30,35)/t19-/m0/s1. The number of aromatic hydroxyl groups is 1. The normalized spacial score (nSPS) is 15.5. The highest BCUT2D eigenvalue weighted by Crippen LogP contribution is 2.32. The number of hydrogen-bond acceptors (Lipinski definition) is 9. The topological polar surface area (TPSA) is 122 Å². The maximum atomic E-state index is 10.3. The molecule has 0 unspecified atom stereocenters. The van der Waals surface area contributed by atoms with Crippen molar-refractivity contribution in [3.05, 3.63) is 65.6 Å². The molecule has 1 aromatic carbocycles. The number of aryl methyl sites for hydroxylation is 2. The first-order chi connectivity index (χ1) is 18.8. The zero-order valence-corrected chi connectivity index (χ0v) is 22.8. The van der Waals surface area contributed by atoms with Gasteiger partial charge in [0.15, 0.2) is 5.82 Å². The average molecular weight is 524 g/mol. The fraction of sp³-hybridized carbons (Fsp3) is 0.345. The summed E-state index contributed by atoms with van der Waals surface area (Å²) < 4.78 is 2.10. The third-order valence-corrected chi connectivity index (χ3v) is 7.30. The molecule has 1 saturated heterocycles. The van der Waals surface area contributed by atoms with E-state index < -0.39 is 0 Å². The SMILES string of the molecule is Cc1nc(C)n(CC#Cc2nccc(N3CCN(c4cc(-c5ccccc5O)nnc4N)CC[C@@H]3C)n2)c1C. The monoisotopic (exact) mass is 523 g/mol. The van der Waals surface area contributed by atoms with E-state index in [1.165, 1.54) is 0 Å². The third-order valence-electron chi connectivity index (χ3n) is 7.30. The van der Waals surface area contributed by atoms with Gasteiger partial charge in [-0.25, -0.2) is 15.0 Å². The molecule has 0 aliphatic carbocycles. The number of para-hydroxylation sites is 1. The molecule has 1 aliphatic heterocycles. The van der Waals surface area contributed by atoms with E-state index in [0.717, 1.165) is 54.8 Å². The van der Waals surface area contributed by atoms with E-state index in [2.05, 4.69) is 60.2 Å². The molecule has 39 heavy (non-hydrogen) atoms. The molecule has 0 radical (unpaired) electrons. The summed E-state index contributed by atoms with van der Waals surface area (Å²) in [5.74, 6) is 9.16. The molecule has 4 heterocycles. The van der Waals surface area contributed by atoms with Crippen molar-refractivity contribution in [1.29, 1.82) is 0 Å². The number of benzene rings is 1. The van der Waals surface area contributed by atoms with Gasteiger partial charge in [-0.3, -0.25) is 0 Å². The number of imidazole rings is 1. The minimum atomic E-state index is 0.159. The van der Waals surface area contributed by atoms with Crippen LogP contribution in [0.2, 0.25) is 0 Å². The van der Waals surface area contributed by atoms with Gasteiger partial charge in [0.1, 0.15) is 17.4 Å². The molecule has 0 spiro atoms. The molecule has 0 bridgehead atoms. The number of phenolic OH excluding ortho intramolecular Hbond substituents is 1. The van der Waals surface area contributed by atoms with Crippen molar-refractivity contribution in [1.82, 2.24) is 29.7 Å². The van der Waals surface area contributed by atoms with Crippen LogP contribution < -0.4 is 15.5 Å². The van der Waals surface area contributed by atoms with Crippen LogP contribution in [-0.4, -0.2) is 60.5 Å². The van der Waals surface area contributed by atoms with Gasteiger partial charge in [-0.15, -0.1) is 10.2 Å². The van der Waals surface area contributed by atoms with Gasteiger partial charge >= 0.3 is 0 Å². The first-order valence-corrected chi connectivity index (χ1v) is 13.1. The van der Waals surface area contributed by atoms with Crippen LogP contribution in [0.15, 0.2) is 42.6 Å². The van der Waals surface area contributed by atoms with E-state index in [-0.39, 0.29) is 11.8 Å². The van der Waals surface area contributed by atoms with Gasteiger partial charge in [-0.1, -0.05) is 18.1 Å². The van der Waals surface area contributed by atoms with Crippen molar-refractivity contribution in [2.45, 2.75) is 46.7 Å². The number of rotatable bonds is 4. The molecular formula is C29H33N9O. The molecule has 1 fully saturated rings. The lowest BCUT2D eigenvalue weighted by Gasteiger charge is -2.28. The van der Waals surface area contributed by atoms with Crippen LogP contribution in [0.25, 0.3) is 11.3 Å². The Morgan fingerprint density at radius 2 is 1.87 bits per heavy atom. The number of nitrogens with zero attached hydrogens (tertiary/aromatic N) is 8. The van der Waals surface area contributed by atoms with E-state index in [9.17, 15) is 5.11 Å². The molecule has 3 aromatic heterocycles. The molecule has 200 valence electrons. The molecule has 0 saturated carbocycles. The lowest BCUT2D eigenvalue weighted by Crippen LogP contribution is -2.35. The largest absolute Gasteiger partial charge is 0.507 e. The summed E-state index contributed by atoms with van der Waals surface area (Å²) in [6, 6.07) is 11.2. The smallest absolute Gasteiger partial charge is 0.206 e. The first-order valence-electron chi connectivity index (χ1n) is 13.1. The van der Waals surface area contributed by atoms with Gasteiger partial charge in [0, 0.05) is 43.1 Å².